The normalized spacial score (nSPS) is 18.2. The molecule has 1 fully saturated rings. The van der Waals surface area contributed by atoms with Gasteiger partial charge >= 0.3 is 6.18 Å². The Kier molecular flexibility index (Phi) is 3.20. The van der Waals surface area contributed by atoms with Gasteiger partial charge in [-0.3, -0.25) is 5.32 Å². The van der Waals surface area contributed by atoms with E-state index in [1.54, 1.807) is 6.07 Å². The van der Waals surface area contributed by atoms with E-state index in [9.17, 15) is 17.6 Å². The van der Waals surface area contributed by atoms with Crippen LogP contribution < -0.4 is 5.32 Å². The Balaban J connectivity index is 2.04. The molecule has 1 aromatic rings. The Morgan fingerprint density at radius 1 is 1.29 bits per heavy atom. The van der Waals surface area contributed by atoms with E-state index in [0.717, 1.165) is 0 Å². The quantitative estimate of drug-likeness (QED) is 0.838. The molecule has 2 rings (SSSR count). The van der Waals surface area contributed by atoms with Crippen LogP contribution in [0.2, 0.25) is 0 Å². The fourth-order valence-corrected chi connectivity index (χ4v) is 1.95. The summed E-state index contributed by atoms with van der Waals surface area (Å²) in [7, 11) is 0. The fourth-order valence-electron chi connectivity index (χ4n) is 1.61. The van der Waals surface area contributed by atoms with Crippen molar-refractivity contribution in [1.29, 1.82) is 0 Å². The molecule has 1 saturated carbocycles. The molecule has 1 nitrogen and oxygen atoms in total. The molecule has 1 aromatic carbocycles. The van der Waals surface area contributed by atoms with Crippen LogP contribution in [0.5, 0.6) is 0 Å². The summed E-state index contributed by atoms with van der Waals surface area (Å²) in [5.41, 5.74) is -1.56. The second kappa shape index (κ2) is 4.24. The van der Waals surface area contributed by atoms with E-state index in [2.05, 4.69) is 21.2 Å². The van der Waals surface area contributed by atoms with Gasteiger partial charge in [-0.05, 0) is 25.0 Å². The van der Waals surface area contributed by atoms with E-state index >= 15 is 0 Å². The molecule has 0 saturated heterocycles. The van der Waals surface area contributed by atoms with Crippen LogP contribution in [0.25, 0.3) is 0 Å². The molecule has 0 bridgehead atoms. The van der Waals surface area contributed by atoms with E-state index in [4.69, 9.17) is 0 Å². The van der Waals surface area contributed by atoms with Gasteiger partial charge in [-0.25, -0.2) is 4.39 Å². The molecule has 1 aliphatic carbocycles. The van der Waals surface area contributed by atoms with Crippen LogP contribution in [0, 0.1) is 5.82 Å². The average molecular weight is 312 g/mol. The summed E-state index contributed by atoms with van der Waals surface area (Å²) in [6.07, 6.45) is -4.14. The van der Waals surface area contributed by atoms with E-state index in [-0.39, 0.29) is 24.9 Å². The minimum atomic E-state index is -4.27. The zero-order valence-corrected chi connectivity index (χ0v) is 10.3. The first kappa shape index (κ1) is 12.8. The lowest BCUT2D eigenvalue weighted by Crippen LogP contribution is -2.44. The van der Waals surface area contributed by atoms with Crippen molar-refractivity contribution in [3.8, 4) is 0 Å². The average Bonchev–Trinajstić information content (AvgIpc) is 2.96. The highest BCUT2D eigenvalue weighted by Gasteiger charge is 2.62. The molecule has 94 valence electrons. The first-order chi connectivity index (χ1) is 7.84. The van der Waals surface area contributed by atoms with Crippen molar-refractivity contribution < 1.29 is 17.6 Å². The fraction of sp³-hybridized carbons (Fsp3) is 0.455. The number of alkyl halides is 3. The lowest BCUT2D eigenvalue weighted by molar-refractivity contribution is -0.166. The molecule has 0 aliphatic heterocycles. The molecule has 0 radical (unpaired) electrons. The van der Waals surface area contributed by atoms with E-state index < -0.39 is 17.5 Å². The lowest BCUT2D eigenvalue weighted by Gasteiger charge is -2.20. The number of hydrogen-bond donors (Lipinski definition) is 1. The molecular weight excluding hydrogens is 302 g/mol. The van der Waals surface area contributed by atoms with Gasteiger partial charge in [0.05, 0.1) is 0 Å². The van der Waals surface area contributed by atoms with Crippen molar-refractivity contribution in [2.24, 2.45) is 0 Å². The second-order valence-electron chi connectivity index (χ2n) is 4.17. The molecule has 0 amide bonds. The van der Waals surface area contributed by atoms with Crippen LogP contribution >= 0.6 is 15.9 Å². The predicted molar refractivity (Wildman–Crippen MR) is 59.0 cm³/mol. The van der Waals surface area contributed by atoms with Gasteiger partial charge in [-0.15, -0.1) is 0 Å². The molecule has 6 heteroatoms. The zero-order chi connectivity index (χ0) is 12.7. The number of benzene rings is 1. The third-order valence-corrected chi connectivity index (χ3v) is 3.42. The van der Waals surface area contributed by atoms with Crippen LogP contribution in [0.15, 0.2) is 22.7 Å². The SMILES string of the molecule is Fc1cc(Br)ccc1CNC1(C(F)(F)F)CC1. The zero-order valence-electron chi connectivity index (χ0n) is 8.74. The summed E-state index contributed by atoms with van der Waals surface area (Å²) in [5.74, 6) is -0.509. The van der Waals surface area contributed by atoms with Gasteiger partial charge in [-0.2, -0.15) is 13.2 Å². The first-order valence-electron chi connectivity index (χ1n) is 5.10. The highest BCUT2D eigenvalue weighted by atomic mass is 79.9. The topological polar surface area (TPSA) is 12.0 Å². The Bertz CT molecular complexity index is 426. The molecular formula is C11H10BrF4N. The van der Waals surface area contributed by atoms with Crippen LogP contribution in [0.1, 0.15) is 18.4 Å². The highest BCUT2D eigenvalue weighted by molar-refractivity contribution is 9.10. The van der Waals surface area contributed by atoms with Crippen LogP contribution in [-0.4, -0.2) is 11.7 Å². The van der Waals surface area contributed by atoms with Gasteiger partial charge in [-0.1, -0.05) is 22.0 Å². The van der Waals surface area contributed by atoms with Gasteiger partial charge < -0.3 is 0 Å². The summed E-state index contributed by atoms with van der Waals surface area (Å²) in [6.45, 7) is -0.112. The van der Waals surface area contributed by atoms with Gasteiger partial charge in [0, 0.05) is 16.6 Å². The van der Waals surface area contributed by atoms with Crippen molar-refractivity contribution in [2.75, 3.05) is 0 Å². The molecule has 1 N–H and O–H groups in total. The van der Waals surface area contributed by atoms with Gasteiger partial charge in [0.15, 0.2) is 0 Å². The minimum Gasteiger partial charge on any atom is -0.299 e. The Hall–Kier alpha value is -0.620. The van der Waals surface area contributed by atoms with Crippen LogP contribution in [-0.2, 0) is 6.54 Å². The van der Waals surface area contributed by atoms with Crippen molar-refractivity contribution >= 4 is 15.9 Å². The number of rotatable bonds is 3. The van der Waals surface area contributed by atoms with E-state index in [0.29, 0.717) is 4.47 Å². The molecule has 0 heterocycles. The Morgan fingerprint density at radius 2 is 1.94 bits per heavy atom. The lowest BCUT2D eigenvalue weighted by atomic mass is 10.2. The monoisotopic (exact) mass is 311 g/mol. The Morgan fingerprint density at radius 3 is 2.41 bits per heavy atom. The maximum absolute atomic E-state index is 13.4. The van der Waals surface area contributed by atoms with Gasteiger partial charge in [0.1, 0.15) is 11.4 Å². The van der Waals surface area contributed by atoms with Crippen molar-refractivity contribution in [3.63, 3.8) is 0 Å². The molecule has 0 atom stereocenters. The van der Waals surface area contributed by atoms with Crippen LogP contribution in [0.4, 0.5) is 17.6 Å². The summed E-state index contributed by atoms with van der Waals surface area (Å²) < 4.78 is 51.8. The van der Waals surface area contributed by atoms with Crippen LogP contribution in [0.3, 0.4) is 0 Å². The van der Waals surface area contributed by atoms with E-state index in [1.807, 2.05) is 0 Å². The molecule has 0 unspecified atom stereocenters. The maximum atomic E-state index is 13.4. The summed E-state index contributed by atoms with van der Waals surface area (Å²) in [6, 6.07) is 4.32. The van der Waals surface area contributed by atoms with Gasteiger partial charge in [0.25, 0.3) is 0 Å². The standard InChI is InChI=1S/C11H10BrF4N/c12-8-2-1-7(9(13)5-8)6-17-10(3-4-10)11(14,15)16/h1-2,5,17H,3-4,6H2. The van der Waals surface area contributed by atoms with E-state index in [1.165, 1.54) is 12.1 Å². The van der Waals surface area contributed by atoms with Crippen molar-refractivity contribution in [1.82, 2.24) is 5.32 Å². The molecule has 17 heavy (non-hydrogen) atoms. The minimum absolute atomic E-state index is 0.0641. The number of halogens is 5. The molecule has 0 spiro atoms. The van der Waals surface area contributed by atoms with Crippen molar-refractivity contribution in [3.05, 3.63) is 34.1 Å². The third-order valence-electron chi connectivity index (χ3n) is 2.92. The molecule has 0 aromatic heterocycles. The Labute approximate surface area is 104 Å². The third kappa shape index (κ3) is 2.63. The predicted octanol–water partition coefficient (Wildman–Crippen LogP) is 3.77. The largest absolute Gasteiger partial charge is 0.406 e. The second-order valence-corrected chi connectivity index (χ2v) is 5.08. The van der Waals surface area contributed by atoms with Crippen molar-refractivity contribution in [2.45, 2.75) is 31.1 Å². The number of hydrogen-bond acceptors (Lipinski definition) is 1. The number of nitrogens with one attached hydrogen (secondary N) is 1. The maximum Gasteiger partial charge on any atom is 0.406 e. The summed E-state index contributed by atoms with van der Waals surface area (Å²) >= 11 is 3.09. The smallest absolute Gasteiger partial charge is 0.299 e. The summed E-state index contributed by atoms with van der Waals surface area (Å²) in [5, 5.41) is 2.41. The first-order valence-corrected chi connectivity index (χ1v) is 5.89. The molecule has 1 aliphatic rings. The van der Waals surface area contributed by atoms with Gasteiger partial charge in [0.2, 0.25) is 0 Å². The highest BCUT2D eigenvalue weighted by Crippen LogP contribution is 2.49. The summed E-state index contributed by atoms with van der Waals surface area (Å²) in [4.78, 5) is 0.